The van der Waals surface area contributed by atoms with E-state index in [4.69, 9.17) is 10.7 Å². The van der Waals surface area contributed by atoms with Crippen molar-refractivity contribution in [2.24, 2.45) is 10.7 Å². The monoisotopic (exact) mass is 470 g/mol. The molecule has 0 aliphatic carbocycles. The molecule has 2 aromatic carbocycles. The molecule has 3 aromatic rings. The third kappa shape index (κ3) is 4.17. The lowest BCUT2D eigenvalue weighted by atomic mass is 9.93. The number of pyridine rings is 1. The first-order valence-electron chi connectivity index (χ1n) is 11.5. The molecular formula is C27H27FN6O. The zero-order chi connectivity index (χ0) is 24.7. The topological polar surface area (TPSA) is 78.1 Å². The normalized spacial score (nSPS) is 17.7. The highest BCUT2D eigenvalue weighted by Gasteiger charge is 2.45. The number of hydrazine groups is 1. The van der Waals surface area contributed by atoms with Gasteiger partial charge in [-0.15, -0.1) is 0 Å². The van der Waals surface area contributed by atoms with E-state index < -0.39 is 6.29 Å². The van der Waals surface area contributed by atoms with E-state index in [0.29, 0.717) is 18.8 Å². The minimum atomic E-state index is -0.862. The maximum atomic E-state index is 13.5. The highest BCUT2D eigenvalue weighted by Crippen LogP contribution is 2.38. The average molecular weight is 471 g/mol. The number of fused-ring (bicyclic) bond motifs is 1. The summed E-state index contributed by atoms with van der Waals surface area (Å²) >= 11 is 0. The predicted octanol–water partition coefficient (Wildman–Crippen LogP) is 4.08. The van der Waals surface area contributed by atoms with Gasteiger partial charge >= 0.3 is 6.03 Å². The van der Waals surface area contributed by atoms with E-state index in [1.54, 1.807) is 17.1 Å². The molecule has 8 heteroatoms. The minimum Gasteiger partial charge on any atom is -0.292 e. The Balaban J connectivity index is 1.61. The van der Waals surface area contributed by atoms with Gasteiger partial charge in [0, 0.05) is 30.5 Å². The van der Waals surface area contributed by atoms with Crippen molar-refractivity contribution in [3.63, 3.8) is 0 Å². The molecule has 1 unspecified atom stereocenters. The van der Waals surface area contributed by atoms with Gasteiger partial charge < -0.3 is 0 Å². The number of halogens is 1. The molecule has 3 heterocycles. The van der Waals surface area contributed by atoms with Crippen LogP contribution >= 0.6 is 0 Å². The van der Waals surface area contributed by atoms with Crippen LogP contribution in [0.3, 0.4) is 0 Å². The number of allylic oxidation sites excluding steroid dienone is 1. The molecule has 5 rings (SSSR count). The van der Waals surface area contributed by atoms with E-state index in [1.165, 1.54) is 17.0 Å². The van der Waals surface area contributed by atoms with Gasteiger partial charge in [-0.2, -0.15) is 0 Å². The zero-order valence-corrected chi connectivity index (χ0v) is 19.9. The number of carbonyl (C=O) groups excluding carboxylic acids is 1. The van der Waals surface area contributed by atoms with Gasteiger partial charge in [0.05, 0.1) is 11.3 Å². The van der Waals surface area contributed by atoms with E-state index in [1.807, 2.05) is 68.4 Å². The van der Waals surface area contributed by atoms with Crippen LogP contribution in [-0.4, -0.2) is 51.5 Å². The second kappa shape index (κ2) is 8.96. The van der Waals surface area contributed by atoms with Gasteiger partial charge in [0.25, 0.3) is 0 Å². The number of hydrogen-bond donors (Lipinski definition) is 1. The highest BCUT2D eigenvalue weighted by atomic mass is 19.1. The molecule has 0 saturated carbocycles. The van der Waals surface area contributed by atoms with E-state index in [0.717, 1.165) is 39.4 Å². The van der Waals surface area contributed by atoms with Crippen LogP contribution in [-0.2, 0) is 6.42 Å². The first kappa shape index (κ1) is 22.7. The van der Waals surface area contributed by atoms with Gasteiger partial charge in [-0.1, -0.05) is 42.5 Å². The Kier molecular flexibility index (Phi) is 5.82. The van der Waals surface area contributed by atoms with Crippen molar-refractivity contribution in [2.75, 3.05) is 13.6 Å². The second-order valence-electron chi connectivity index (χ2n) is 8.77. The molecule has 178 valence electrons. The van der Waals surface area contributed by atoms with Crippen LogP contribution in [0, 0.1) is 19.7 Å². The summed E-state index contributed by atoms with van der Waals surface area (Å²) in [5.74, 6) is 0.398. The first-order chi connectivity index (χ1) is 16.8. The summed E-state index contributed by atoms with van der Waals surface area (Å²) < 4.78 is 13.3. The molecule has 35 heavy (non-hydrogen) atoms. The number of aromatic nitrogens is 1. The lowest BCUT2D eigenvalue weighted by molar-refractivity contribution is 0.106. The molecule has 7 nitrogen and oxygen atoms in total. The van der Waals surface area contributed by atoms with Gasteiger partial charge in [0.2, 0.25) is 0 Å². The third-order valence-corrected chi connectivity index (χ3v) is 6.25. The lowest BCUT2D eigenvalue weighted by Crippen LogP contribution is -2.46. The Hall–Kier alpha value is -4.04. The maximum absolute atomic E-state index is 13.5. The molecule has 1 fully saturated rings. The molecule has 1 saturated heterocycles. The van der Waals surface area contributed by atoms with Gasteiger partial charge in [-0.25, -0.2) is 24.1 Å². The molecule has 1 aromatic heterocycles. The van der Waals surface area contributed by atoms with Crippen molar-refractivity contribution < 1.29 is 9.18 Å². The fourth-order valence-corrected chi connectivity index (χ4v) is 4.69. The van der Waals surface area contributed by atoms with Crippen molar-refractivity contribution >= 4 is 17.3 Å². The van der Waals surface area contributed by atoms with Crippen LogP contribution in [0.2, 0.25) is 0 Å². The Morgan fingerprint density at radius 2 is 1.63 bits per heavy atom. The van der Waals surface area contributed by atoms with E-state index in [-0.39, 0.29) is 11.8 Å². The summed E-state index contributed by atoms with van der Waals surface area (Å²) in [4.78, 5) is 24.4. The number of aliphatic imine (C=N–C) groups is 1. The summed E-state index contributed by atoms with van der Waals surface area (Å²) in [6, 6.07) is 19.9. The molecule has 0 radical (unpaired) electrons. The average Bonchev–Trinajstić information content (AvgIpc) is 3.09. The Morgan fingerprint density at radius 1 is 0.971 bits per heavy atom. The number of rotatable bonds is 5. The number of nitrogens with two attached hydrogens (primary N) is 1. The van der Waals surface area contributed by atoms with E-state index in [9.17, 15) is 9.18 Å². The molecule has 2 N–H and O–H groups in total. The number of hydrogen-bond acceptors (Lipinski definition) is 5. The van der Waals surface area contributed by atoms with Gasteiger partial charge in [-0.3, -0.25) is 15.7 Å². The number of nitrogens with zero attached hydrogens (tertiary/aromatic N) is 5. The first-order valence-corrected chi connectivity index (χ1v) is 11.5. The SMILES string of the molecule is Cc1cc(C2=C3N(C(=O)N(CCc4ccc(F)cc4)N3C)C(N)N=C2c2ccccc2)cc(C)n1. The Bertz CT molecular complexity index is 1320. The summed E-state index contributed by atoms with van der Waals surface area (Å²) in [5, 5.41) is 3.51. The van der Waals surface area contributed by atoms with Crippen molar-refractivity contribution in [1.82, 2.24) is 19.9 Å². The maximum Gasteiger partial charge on any atom is 0.347 e. The van der Waals surface area contributed by atoms with Crippen molar-refractivity contribution in [3.05, 3.63) is 106 Å². The number of urea groups is 1. The fraction of sp³-hybridized carbons (Fsp3) is 0.222. The van der Waals surface area contributed by atoms with Crippen LogP contribution in [0.4, 0.5) is 9.18 Å². The van der Waals surface area contributed by atoms with Gasteiger partial charge in [0.1, 0.15) is 11.6 Å². The Labute approximate surface area is 204 Å². The molecule has 0 spiro atoms. The number of benzene rings is 2. The molecular weight excluding hydrogens is 443 g/mol. The third-order valence-electron chi connectivity index (χ3n) is 6.25. The molecule has 2 aliphatic rings. The highest BCUT2D eigenvalue weighted by molar-refractivity contribution is 6.33. The van der Waals surface area contributed by atoms with Crippen LogP contribution in [0.1, 0.15) is 28.1 Å². The summed E-state index contributed by atoms with van der Waals surface area (Å²) in [5.41, 5.74) is 12.6. The second-order valence-corrected chi connectivity index (χ2v) is 8.77. The number of aryl methyl sites for hydroxylation is 2. The smallest absolute Gasteiger partial charge is 0.292 e. The van der Waals surface area contributed by atoms with Gasteiger partial charge in [-0.05, 0) is 55.7 Å². The number of amides is 2. The van der Waals surface area contributed by atoms with Gasteiger partial charge in [0.15, 0.2) is 6.29 Å². The van der Waals surface area contributed by atoms with Crippen LogP contribution in [0.25, 0.3) is 5.57 Å². The largest absolute Gasteiger partial charge is 0.347 e. The fourth-order valence-electron chi connectivity index (χ4n) is 4.69. The minimum absolute atomic E-state index is 0.243. The lowest BCUT2D eigenvalue weighted by Gasteiger charge is -2.31. The van der Waals surface area contributed by atoms with Crippen molar-refractivity contribution in [1.29, 1.82) is 0 Å². The standard InChI is InChI=1S/C27H27FN6O/c1-17-15-21(16-18(2)30-17)23-24(20-7-5-4-6-8-20)31-26(29)34-25(23)32(3)33(27(34)35)14-13-19-9-11-22(28)12-10-19/h4-12,15-16,26H,13-14,29H2,1-3H3. The van der Waals surface area contributed by atoms with Crippen LogP contribution in [0.5, 0.6) is 0 Å². The zero-order valence-electron chi connectivity index (χ0n) is 19.9. The van der Waals surface area contributed by atoms with E-state index in [2.05, 4.69) is 4.98 Å². The predicted molar refractivity (Wildman–Crippen MR) is 133 cm³/mol. The molecule has 2 amide bonds. The van der Waals surface area contributed by atoms with Crippen LogP contribution in [0.15, 0.2) is 77.5 Å². The summed E-state index contributed by atoms with van der Waals surface area (Å²) in [6.45, 7) is 4.31. The summed E-state index contributed by atoms with van der Waals surface area (Å²) in [6.07, 6.45) is -0.291. The van der Waals surface area contributed by atoms with Crippen LogP contribution < -0.4 is 5.73 Å². The molecule has 1 atom stereocenters. The summed E-state index contributed by atoms with van der Waals surface area (Å²) in [7, 11) is 1.86. The molecule has 2 aliphatic heterocycles. The van der Waals surface area contributed by atoms with E-state index >= 15 is 0 Å². The van der Waals surface area contributed by atoms with Crippen molar-refractivity contribution in [3.8, 4) is 0 Å². The number of carbonyl (C=O) groups is 1. The van der Waals surface area contributed by atoms with Crippen molar-refractivity contribution in [2.45, 2.75) is 26.6 Å². The quantitative estimate of drug-likeness (QED) is 0.610. The molecule has 0 bridgehead atoms. The Morgan fingerprint density at radius 3 is 2.29 bits per heavy atom.